The Morgan fingerprint density at radius 2 is 2.29 bits per heavy atom. The Kier molecular flexibility index (Phi) is 6.16. The maximum atomic E-state index is 11.8. The van der Waals surface area contributed by atoms with E-state index in [0.717, 1.165) is 32.8 Å². The molecule has 1 aromatic heterocycles. The number of hydrogen-bond acceptors (Lipinski definition) is 7. The molecule has 21 heavy (non-hydrogen) atoms. The largest absolute Gasteiger partial charge is 0.461 e. The standard InChI is InChI=1S/C13H19ClN4O3/c1-2-21-12(19)11-10(9-16-13(14)17-11)15-3-4-18-5-7-20-8-6-18/h9,15H,2-8H2,1H3. The molecule has 0 aromatic carbocycles. The first-order valence-electron chi connectivity index (χ1n) is 6.94. The number of halogens is 1. The van der Waals surface area contributed by atoms with Gasteiger partial charge >= 0.3 is 5.97 Å². The van der Waals surface area contributed by atoms with E-state index in [1.807, 2.05) is 0 Å². The van der Waals surface area contributed by atoms with Gasteiger partial charge in [0.15, 0.2) is 5.69 Å². The molecule has 0 bridgehead atoms. The van der Waals surface area contributed by atoms with Gasteiger partial charge in [-0.15, -0.1) is 0 Å². The number of esters is 1. The van der Waals surface area contributed by atoms with E-state index < -0.39 is 5.97 Å². The van der Waals surface area contributed by atoms with Gasteiger partial charge in [-0.25, -0.2) is 14.8 Å². The Labute approximate surface area is 128 Å². The second-order valence-corrected chi connectivity index (χ2v) is 4.84. The molecule has 0 saturated carbocycles. The van der Waals surface area contributed by atoms with Crippen molar-refractivity contribution in [3.63, 3.8) is 0 Å². The summed E-state index contributed by atoms with van der Waals surface area (Å²) in [5.41, 5.74) is 0.699. The maximum Gasteiger partial charge on any atom is 0.359 e. The minimum atomic E-state index is -0.504. The highest BCUT2D eigenvalue weighted by molar-refractivity contribution is 6.28. The Balaban J connectivity index is 1.93. The summed E-state index contributed by atoms with van der Waals surface area (Å²) in [7, 11) is 0. The number of carbonyl (C=O) groups excluding carboxylic acids is 1. The van der Waals surface area contributed by atoms with E-state index >= 15 is 0 Å². The van der Waals surface area contributed by atoms with Crippen molar-refractivity contribution in [1.29, 1.82) is 0 Å². The van der Waals surface area contributed by atoms with Crippen LogP contribution in [0.1, 0.15) is 17.4 Å². The predicted octanol–water partition coefficient (Wildman–Crippen LogP) is 1.05. The Morgan fingerprint density at radius 3 is 3.00 bits per heavy atom. The zero-order chi connectivity index (χ0) is 15.1. The summed E-state index contributed by atoms with van der Waals surface area (Å²) in [6.45, 7) is 6.93. The molecule has 8 heteroatoms. The molecule has 1 saturated heterocycles. The molecule has 116 valence electrons. The molecule has 0 amide bonds. The van der Waals surface area contributed by atoms with Crippen molar-refractivity contribution in [1.82, 2.24) is 14.9 Å². The molecule has 0 radical (unpaired) electrons. The SMILES string of the molecule is CCOC(=O)c1nc(Cl)ncc1NCCN1CCOCC1. The van der Waals surface area contributed by atoms with Crippen LogP contribution in [-0.4, -0.2) is 66.8 Å². The van der Waals surface area contributed by atoms with Crippen LogP contribution in [0.25, 0.3) is 0 Å². The maximum absolute atomic E-state index is 11.8. The molecule has 1 fully saturated rings. The Morgan fingerprint density at radius 1 is 1.52 bits per heavy atom. The van der Waals surface area contributed by atoms with Crippen LogP contribution >= 0.6 is 11.6 Å². The molecule has 7 nitrogen and oxygen atoms in total. The summed E-state index contributed by atoms with van der Waals surface area (Å²) >= 11 is 5.74. The number of anilines is 1. The van der Waals surface area contributed by atoms with Gasteiger partial charge in [0.2, 0.25) is 5.28 Å². The van der Waals surface area contributed by atoms with Crippen molar-refractivity contribution in [3.05, 3.63) is 17.2 Å². The third-order valence-corrected chi connectivity index (χ3v) is 3.26. The van der Waals surface area contributed by atoms with E-state index in [4.69, 9.17) is 21.1 Å². The molecule has 0 unspecified atom stereocenters. The monoisotopic (exact) mass is 314 g/mol. The number of morpholine rings is 1. The predicted molar refractivity (Wildman–Crippen MR) is 78.7 cm³/mol. The second kappa shape index (κ2) is 8.11. The van der Waals surface area contributed by atoms with E-state index in [0.29, 0.717) is 12.2 Å². The van der Waals surface area contributed by atoms with Crippen molar-refractivity contribution in [2.24, 2.45) is 0 Å². The lowest BCUT2D eigenvalue weighted by atomic mass is 10.3. The average Bonchev–Trinajstić information content (AvgIpc) is 2.50. The molecule has 0 spiro atoms. The van der Waals surface area contributed by atoms with Crippen LogP contribution in [0.15, 0.2) is 6.20 Å². The molecular weight excluding hydrogens is 296 g/mol. The summed E-state index contributed by atoms with van der Waals surface area (Å²) in [5.74, 6) is -0.504. The van der Waals surface area contributed by atoms with Crippen LogP contribution in [0.3, 0.4) is 0 Å². The fraction of sp³-hybridized carbons (Fsp3) is 0.615. The second-order valence-electron chi connectivity index (χ2n) is 4.50. The lowest BCUT2D eigenvalue weighted by Crippen LogP contribution is -2.39. The average molecular weight is 315 g/mol. The van der Waals surface area contributed by atoms with Crippen LogP contribution < -0.4 is 5.32 Å². The minimum Gasteiger partial charge on any atom is -0.461 e. The minimum absolute atomic E-state index is 0.0248. The van der Waals surface area contributed by atoms with Crippen molar-refractivity contribution in [3.8, 4) is 0 Å². The zero-order valence-corrected chi connectivity index (χ0v) is 12.7. The first kappa shape index (κ1) is 15.9. The van der Waals surface area contributed by atoms with Gasteiger partial charge in [0.1, 0.15) is 0 Å². The van der Waals surface area contributed by atoms with Gasteiger partial charge in [-0.2, -0.15) is 0 Å². The normalized spacial score (nSPS) is 15.7. The first-order valence-corrected chi connectivity index (χ1v) is 7.32. The van der Waals surface area contributed by atoms with Crippen LogP contribution in [0.2, 0.25) is 5.28 Å². The zero-order valence-electron chi connectivity index (χ0n) is 12.0. The molecule has 1 N–H and O–H groups in total. The molecule has 2 rings (SSSR count). The van der Waals surface area contributed by atoms with E-state index in [-0.39, 0.29) is 17.6 Å². The Bertz CT molecular complexity index is 480. The van der Waals surface area contributed by atoms with Gasteiger partial charge in [-0.3, -0.25) is 4.90 Å². The third kappa shape index (κ3) is 4.80. The lowest BCUT2D eigenvalue weighted by molar-refractivity contribution is 0.0398. The van der Waals surface area contributed by atoms with Crippen molar-refractivity contribution >= 4 is 23.3 Å². The van der Waals surface area contributed by atoms with Gasteiger partial charge in [0, 0.05) is 26.2 Å². The smallest absolute Gasteiger partial charge is 0.359 e. The van der Waals surface area contributed by atoms with Crippen LogP contribution in [0.5, 0.6) is 0 Å². The molecular formula is C13H19ClN4O3. The molecule has 0 atom stereocenters. The van der Waals surface area contributed by atoms with Crippen LogP contribution in [-0.2, 0) is 9.47 Å². The molecule has 1 aromatic rings. The number of aromatic nitrogens is 2. The van der Waals surface area contributed by atoms with Gasteiger partial charge in [0.25, 0.3) is 0 Å². The lowest BCUT2D eigenvalue weighted by Gasteiger charge is -2.26. The fourth-order valence-electron chi connectivity index (χ4n) is 2.02. The number of rotatable bonds is 6. The summed E-state index contributed by atoms with van der Waals surface area (Å²) in [4.78, 5) is 22.0. The summed E-state index contributed by atoms with van der Waals surface area (Å²) in [5, 5.41) is 3.18. The quantitative estimate of drug-likeness (QED) is 0.621. The highest BCUT2D eigenvalue weighted by Gasteiger charge is 2.16. The van der Waals surface area contributed by atoms with E-state index in [1.54, 1.807) is 6.92 Å². The van der Waals surface area contributed by atoms with E-state index in [1.165, 1.54) is 6.20 Å². The first-order chi connectivity index (χ1) is 10.2. The number of carbonyl (C=O) groups is 1. The molecule has 1 aliphatic rings. The van der Waals surface area contributed by atoms with Crippen LogP contribution in [0, 0.1) is 0 Å². The van der Waals surface area contributed by atoms with Gasteiger partial charge in [-0.1, -0.05) is 0 Å². The Hall–Kier alpha value is -1.44. The number of nitrogens with zero attached hydrogens (tertiary/aromatic N) is 3. The van der Waals surface area contributed by atoms with Crippen molar-refractivity contribution in [2.45, 2.75) is 6.92 Å². The van der Waals surface area contributed by atoms with Gasteiger partial charge < -0.3 is 14.8 Å². The molecule has 0 aliphatic carbocycles. The summed E-state index contributed by atoms with van der Waals surface area (Å²) in [6, 6.07) is 0. The molecule has 1 aliphatic heterocycles. The number of nitrogens with one attached hydrogen (secondary N) is 1. The van der Waals surface area contributed by atoms with Crippen LogP contribution in [0.4, 0.5) is 5.69 Å². The number of hydrogen-bond donors (Lipinski definition) is 1. The number of ether oxygens (including phenoxy) is 2. The topological polar surface area (TPSA) is 76.6 Å². The van der Waals surface area contributed by atoms with E-state index in [9.17, 15) is 4.79 Å². The summed E-state index contributed by atoms with van der Waals surface area (Å²) < 4.78 is 10.3. The van der Waals surface area contributed by atoms with Crippen molar-refractivity contribution in [2.75, 3.05) is 51.3 Å². The van der Waals surface area contributed by atoms with E-state index in [2.05, 4.69) is 20.2 Å². The molecule has 2 heterocycles. The van der Waals surface area contributed by atoms with Gasteiger partial charge in [-0.05, 0) is 18.5 Å². The fourth-order valence-corrected chi connectivity index (χ4v) is 2.15. The summed E-state index contributed by atoms with van der Waals surface area (Å²) in [6.07, 6.45) is 1.50. The highest BCUT2D eigenvalue weighted by Crippen LogP contribution is 2.15. The van der Waals surface area contributed by atoms with Crippen molar-refractivity contribution < 1.29 is 14.3 Å². The third-order valence-electron chi connectivity index (χ3n) is 3.08. The highest BCUT2D eigenvalue weighted by atomic mass is 35.5. The van der Waals surface area contributed by atoms with Gasteiger partial charge in [0.05, 0.1) is 31.7 Å².